The first-order valence-corrected chi connectivity index (χ1v) is 6.03. The third-order valence-corrected chi connectivity index (χ3v) is 2.27. The number of para-hydroxylation sites is 2. The van der Waals surface area contributed by atoms with E-state index in [0.717, 1.165) is 0 Å². The van der Waals surface area contributed by atoms with Crippen molar-refractivity contribution >= 4 is 17.3 Å². The molecule has 0 unspecified atom stereocenters. The lowest BCUT2D eigenvalue weighted by atomic mass is 10.3. The number of methoxy groups -OCH3 is 1. The molecule has 0 heterocycles. The molecule has 6 nitrogen and oxygen atoms in total. The standard InChI is InChI=1S/C13H20N2O4/c1-17-6-7-18-8-9-19-10-13(16)15-12-5-3-2-4-11(12)14/h2-5H,6-10,14H2,1H3,(H,15,16). The molecule has 6 heteroatoms. The van der Waals surface area contributed by atoms with Crippen molar-refractivity contribution in [1.29, 1.82) is 0 Å². The number of carbonyl (C=O) groups is 1. The fourth-order valence-electron chi connectivity index (χ4n) is 1.32. The quantitative estimate of drug-likeness (QED) is 0.513. The van der Waals surface area contributed by atoms with Crippen LogP contribution in [0.25, 0.3) is 0 Å². The molecule has 0 aliphatic carbocycles. The number of benzene rings is 1. The van der Waals surface area contributed by atoms with Gasteiger partial charge < -0.3 is 25.3 Å². The highest BCUT2D eigenvalue weighted by molar-refractivity contribution is 5.94. The fraction of sp³-hybridized carbons (Fsp3) is 0.462. The van der Waals surface area contributed by atoms with Crippen LogP contribution in [-0.4, -0.2) is 46.1 Å². The summed E-state index contributed by atoms with van der Waals surface area (Å²) >= 11 is 0. The molecule has 19 heavy (non-hydrogen) atoms. The molecule has 1 aromatic rings. The second kappa shape index (κ2) is 9.32. The van der Waals surface area contributed by atoms with Gasteiger partial charge in [0.15, 0.2) is 0 Å². The molecule has 1 rings (SSSR count). The maximum absolute atomic E-state index is 11.5. The number of rotatable bonds is 9. The first kappa shape index (κ1) is 15.4. The Hall–Kier alpha value is -1.63. The number of amides is 1. The SMILES string of the molecule is COCCOCCOCC(=O)Nc1ccccc1N. The lowest BCUT2D eigenvalue weighted by molar-refractivity contribution is -0.121. The van der Waals surface area contributed by atoms with Gasteiger partial charge in [-0.25, -0.2) is 0 Å². The van der Waals surface area contributed by atoms with Gasteiger partial charge in [-0.2, -0.15) is 0 Å². The van der Waals surface area contributed by atoms with Gasteiger partial charge in [0.2, 0.25) is 5.91 Å². The van der Waals surface area contributed by atoms with Crippen molar-refractivity contribution in [3.8, 4) is 0 Å². The van der Waals surface area contributed by atoms with Gasteiger partial charge >= 0.3 is 0 Å². The first-order valence-electron chi connectivity index (χ1n) is 6.03. The van der Waals surface area contributed by atoms with E-state index in [1.807, 2.05) is 0 Å². The summed E-state index contributed by atoms with van der Waals surface area (Å²) in [5, 5.41) is 2.67. The molecule has 0 saturated carbocycles. The maximum Gasteiger partial charge on any atom is 0.250 e. The number of nitrogens with one attached hydrogen (secondary N) is 1. The smallest absolute Gasteiger partial charge is 0.250 e. The highest BCUT2D eigenvalue weighted by Gasteiger charge is 2.04. The highest BCUT2D eigenvalue weighted by Crippen LogP contribution is 2.16. The molecule has 0 spiro atoms. The van der Waals surface area contributed by atoms with Gasteiger partial charge in [-0.3, -0.25) is 4.79 Å². The summed E-state index contributed by atoms with van der Waals surface area (Å²) in [6.45, 7) is 1.84. The van der Waals surface area contributed by atoms with E-state index in [1.54, 1.807) is 31.4 Å². The molecular weight excluding hydrogens is 248 g/mol. The fourth-order valence-corrected chi connectivity index (χ4v) is 1.32. The minimum Gasteiger partial charge on any atom is -0.397 e. The average molecular weight is 268 g/mol. The number of nitrogens with two attached hydrogens (primary N) is 1. The summed E-state index contributed by atoms with van der Waals surface area (Å²) in [7, 11) is 1.61. The van der Waals surface area contributed by atoms with E-state index in [4.69, 9.17) is 19.9 Å². The zero-order valence-electron chi connectivity index (χ0n) is 11.1. The average Bonchev–Trinajstić information content (AvgIpc) is 2.40. The van der Waals surface area contributed by atoms with E-state index in [0.29, 0.717) is 37.8 Å². The number of ether oxygens (including phenoxy) is 3. The van der Waals surface area contributed by atoms with Crippen LogP contribution < -0.4 is 11.1 Å². The molecule has 106 valence electrons. The van der Waals surface area contributed by atoms with E-state index in [1.165, 1.54) is 0 Å². The van der Waals surface area contributed by atoms with Gasteiger partial charge in [0.05, 0.1) is 37.8 Å². The van der Waals surface area contributed by atoms with E-state index in [2.05, 4.69) is 5.32 Å². The van der Waals surface area contributed by atoms with Crippen molar-refractivity contribution in [3.63, 3.8) is 0 Å². The zero-order chi connectivity index (χ0) is 13.9. The Balaban J connectivity index is 2.10. The molecule has 0 bridgehead atoms. The van der Waals surface area contributed by atoms with E-state index < -0.39 is 0 Å². The molecule has 0 aromatic heterocycles. The monoisotopic (exact) mass is 268 g/mol. The lowest BCUT2D eigenvalue weighted by Crippen LogP contribution is -2.20. The summed E-state index contributed by atoms with van der Waals surface area (Å²) in [4.78, 5) is 11.5. The summed E-state index contributed by atoms with van der Waals surface area (Å²) < 4.78 is 15.2. The second-order valence-corrected chi connectivity index (χ2v) is 3.79. The van der Waals surface area contributed by atoms with Crippen molar-refractivity contribution in [3.05, 3.63) is 24.3 Å². The Bertz CT molecular complexity index is 385. The highest BCUT2D eigenvalue weighted by atomic mass is 16.5. The molecule has 0 aliphatic heterocycles. The number of nitrogen functional groups attached to an aromatic ring is 1. The zero-order valence-corrected chi connectivity index (χ0v) is 11.1. The Morgan fingerprint density at radius 1 is 1.16 bits per heavy atom. The molecule has 3 N–H and O–H groups in total. The Morgan fingerprint density at radius 3 is 2.58 bits per heavy atom. The normalized spacial score (nSPS) is 10.4. The van der Waals surface area contributed by atoms with Crippen LogP contribution in [0.5, 0.6) is 0 Å². The Morgan fingerprint density at radius 2 is 1.84 bits per heavy atom. The van der Waals surface area contributed by atoms with Crippen LogP contribution in [0.2, 0.25) is 0 Å². The Kier molecular flexibility index (Phi) is 7.57. The number of hydrogen-bond acceptors (Lipinski definition) is 5. The maximum atomic E-state index is 11.5. The van der Waals surface area contributed by atoms with E-state index in [9.17, 15) is 4.79 Å². The van der Waals surface area contributed by atoms with Crippen molar-refractivity contribution in [2.45, 2.75) is 0 Å². The summed E-state index contributed by atoms with van der Waals surface area (Å²) in [6, 6.07) is 7.07. The predicted octanol–water partition coefficient (Wildman–Crippen LogP) is 0.887. The van der Waals surface area contributed by atoms with Crippen LogP contribution in [0.4, 0.5) is 11.4 Å². The molecule has 1 aromatic carbocycles. The Labute approximate surface area is 112 Å². The van der Waals surface area contributed by atoms with Gasteiger partial charge in [-0.05, 0) is 12.1 Å². The number of anilines is 2. The molecular formula is C13H20N2O4. The molecule has 0 aliphatic rings. The number of hydrogen-bond donors (Lipinski definition) is 2. The van der Waals surface area contributed by atoms with Crippen molar-refractivity contribution in [1.82, 2.24) is 0 Å². The predicted molar refractivity (Wildman–Crippen MR) is 73.0 cm³/mol. The van der Waals surface area contributed by atoms with Crippen molar-refractivity contribution in [2.24, 2.45) is 0 Å². The number of carbonyl (C=O) groups excluding carboxylic acids is 1. The minimum atomic E-state index is -0.241. The largest absolute Gasteiger partial charge is 0.397 e. The van der Waals surface area contributed by atoms with Crippen LogP contribution in [0.1, 0.15) is 0 Å². The van der Waals surface area contributed by atoms with E-state index in [-0.39, 0.29) is 12.5 Å². The topological polar surface area (TPSA) is 82.8 Å². The molecule has 0 fully saturated rings. The van der Waals surface area contributed by atoms with Crippen molar-refractivity contribution in [2.75, 3.05) is 51.2 Å². The minimum absolute atomic E-state index is 0.0258. The molecule has 0 atom stereocenters. The third-order valence-electron chi connectivity index (χ3n) is 2.27. The lowest BCUT2D eigenvalue weighted by Gasteiger charge is -2.08. The first-order chi connectivity index (χ1) is 9.24. The summed E-state index contributed by atoms with van der Waals surface area (Å²) in [5.41, 5.74) is 6.82. The van der Waals surface area contributed by atoms with Crippen LogP contribution in [0.15, 0.2) is 24.3 Å². The van der Waals surface area contributed by atoms with Gasteiger partial charge in [-0.1, -0.05) is 12.1 Å². The van der Waals surface area contributed by atoms with Gasteiger partial charge in [0, 0.05) is 7.11 Å². The molecule has 0 radical (unpaired) electrons. The van der Waals surface area contributed by atoms with Gasteiger partial charge in [0.25, 0.3) is 0 Å². The molecule has 0 saturated heterocycles. The van der Waals surface area contributed by atoms with Crippen LogP contribution in [-0.2, 0) is 19.0 Å². The van der Waals surface area contributed by atoms with Crippen LogP contribution in [0, 0.1) is 0 Å². The van der Waals surface area contributed by atoms with Crippen LogP contribution >= 0.6 is 0 Å². The van der Waals surface area contributed by atoms with Crippen molar-refractivity contribution < 1.29 is 19.0 Å². The van der Waals surface area contributed by atoms with Gasteiger partial charge in [0.1, 0.15) is 6.61 Å². The third kappa shape index (κ3) is 6.76. The summed E-state index contributed by atoms with van der Waals surface area (Å²) in [6.07, 6.45) is 0. The second-order valence-electron chi connectivity index (χ2n) is 3.79. The van der Waals surface area contributed by atoms with Crippen LogP contribution in [0.3, 0.4) is 0 Å². The van der Waals surface area contributed by atoms with Gasteiger partial charge in [-0.15, -0.1) is 0 Å². The van der Waals surface area contributed by atoms with E-state index >= 15 is 0 Å². The summed E-state index contributed by atoms with van der Waals surface area (Å²) in [5.74, 6) is -0.241. The molecule has 1 amide bonds.